The number of carbonyl (C=O) groups is 2. The number of carbonyl (C=O) groups excluding carboxylic acids is 2. The van der Waals surface area contributed by atoms with Crippen molar-refractivity contribution in [2.75, 3.05) is 19.6 Å². The SMILES string of the molecule is CC(=O)c1ccc(C(=O)NC[C@H]2CCN(C3CCCCC3)C2)cc1. The fourth-order valence-electron chi connectivity index (χ4n) is 4.00. The summed E-state index contributed by atoms with van der Waals surface area (Å²) in [5.74, 6) is 0.546. The maximum Gasteiger partial charge on any atom is 0.251 e. The third kappa shape index (κ3) is 4.23. The molecule has 1 aliphatic heterocycles. The Morgan fingerprint density at radius 2 is 1.71 bits per heavy atom. The lowest BCUT2D eigenvalue weighted by Gasteiger charge is -2.31. The van der Waals surface area contributed by atoms with E-state index in [1.54, 1.807) is 24.3 Å². The van der Waals surface area contributed by atoms with Crippen molar-refractivity contribution in [2.24, 2.45) is 5.92 Å². The molecule has 0 spiro atoms. The lowest BCUT2D eigenvalue weighted by molar-refractivity contribution is 0.0944. The third-order valence-electron chi connectivity index (χ3n) is 5.51. The second-order valence-corrected chi connectivity index (χ2v) is 7.29. The van der Waals surface area contributed by atoms with E-state index < -0.39 is 0 Å². The predicted octanol–water partition coefficient (Wildman–Crippen LogP) is 3.27. The molecule has 0 bridgehead atoms. The van der Waals surface area contributed by atoms with Crippen molar-refractivity contribution in [2.45, 2.75) is 51.5 Å². The Bertz CT molecular complexity index is 576. The molecular weight excluding hydrogens is 300 g/mol. The Balaban J connectivity index is 1.45. The fourth-order valence-corrected chi connectivity index (χ4v) is 4.00. The number of hydrogen-bond acceptors (Lipinski definition) is 3. The monoisotopic (exact) mass is 328 g/mol. The molecule has 1 amide bonds. The molecule has 0 unspecified atom stereocenters. The molecule has 1 atom stereocenters. The minimum atomic E-state index is -0.0405. The van der Waals surface area contributed by atoms with Gasteiger partial charge in [-0.1, -0.05) is 31.4 Å². The van der Waals surface area contributed by atoms with Gasteiger partial charge in [0.15, 0.2) is 5.78 Å². The van der Waals surface area contributed by atoms with Crippen molar-refractivity contribution in [3.8, 4) is 0 Å². The first-order valence-electron chi connectivity index (χ1n) is 9.27. The maximum absolute atomic E-state index is 12.3. The minimum absolute atomic E-state index is 0.0238. The van der Waals surface area contributed by atoms with Crippen LogP contribution >= 0.6 is 0 Å². The molecule has 2 fully saturated rings. The fraction of sp³-hybridized carbons (Fsp3) is 0.600. The number of ketones is 1. The van der Waals surface area contributed by atoms with Crippen LogP contribution in [0, 0.1) is 5.92 Å². The van der Waals surface area contributed by atoms with E-state index in [4.69, 9.17) is 0 Å². The highest BCUT2D eigenvalue weighted by Crippen LogP contribution is 2.27. The van der Waals surface area contributed by atoms with Gasteiger partial charge in [-0.15, -0.1) is 0 Å². The van der Waals surface area contributed by atoms with Crippen LogP contribution in [0.25, 0.3) is 0 Å². The van der Waals surface area contributed by atoms with Crippen LogP contribution in [-0.4, -0.2) is 42.3 Å². The van der Waals surface area contributed by atoms with Crippen LogP contribution in [0.3, 0.4) is 0 Å². The molecule has 24 heavy (non-hydrogen) atoms. The number of hydrogen-bond donors (Lipinski definition) is 1. The van der Waals surface area contributed by atoms with Gasteiger partial charge in [0, 0.05) is 30.3 Å². The third-order valence-corrected chi connectivity index (χ3v) is 5.51. The molecule has 1 aromatic carbocycles. The second-order valence-electron chi connectivity index (χ2n) is 7.29. The van der Waals surface area contributed by atoms with E-state index in [9.17, 15) is 9.59 Å². The minimum Gasteiger partial charge on any atom is -0.352 e. The molecule has 0 aromatic heterocycles. The Labute approximate surface area is 144 Å². The number of benzene rings is 1. The van der Waals surface area contributed by atoms with Gasteiger partial charge in [0.1, 0.15) is 0 Å². The molecule has 1 heterocycles. The van der Waals surface area contributed by atoms with E-state index in [0.717, 1.165) is 19.1 Å². The van der Waals surface area contributed by atoms with Crippen molar-refractivity contribution in [3.05, 3.63) is 35.4 Å². The Kier molecular flexibility index (Phi) is 5.67. The summed E-state index contributed by atoms with van der Waals surface area (Å²) in [6, 6.07) is 7.68. The first-order chi connectivity index (χ1) is 11.6. The topological polar surface area (TPSA) is 49.4 Å². The number of nitrogens with zero attached hydrogens (tertiary/aromatic N) is 1. The molecule has 3 rings (SSSR count). The molecule has 1 N–H and O–H groups in total. The number of rotatable bonds is 5. The van der Waals surface area contributed by atoms with Crippen LogP contribution in [0.5, 0.6) is 0 Å². The van der Waals surface area contributed by atoms with Crippen LogP contribution < -0.4 is 5.32 Å². The van der Waals surface area contributed by atoms with Gasteiger partial charge >= 0.3 is 0 Å². The molecule has 130 valence electrons. The number of likely N-dealkylation sites (tertiary alicyclic amines) is 1. The lowest BCUT2D eigenvalue weighted by atomic mass is 9.94. The van der Waals surface area contributed by atoms with Crippen LogP contribution in [0.1, 0.15) is 66.2 Å². The summed E-state index contributed by atoms with van der Waals surface area (Å²) in [5, 5.41) is 3.06. The van der Waals surface area contributed by atoms with Gasteiger partial charge in [0.05, 0.1) is 0 Å². The second kappa shape index (κ2) is 7.93. The van der Waals surface area contributed by atoms with Gasteiger partial charge in [-0.05, 0) is 50.8 Å². The average Bonchev–Trinajstić information content (AvgIpc) is 3.09. The molecule has 1 saturated heterocycles. The summed E-state index contributed by atoms with van der Waals surface area (Å²) in [7, 11) is 0. The van der Waals surface area contributed by atoms with Crippen LogP contribution in [0.15, 0.2) is 24.3 Å². The van der Waals surface area contributed by atoms with Gasteiger partial charge in [-0.2, -0.15) is 0 Å². The van der Waals surface area contributed by atoms with Crippen molar-refractivity contribution in [1.29, 1.82) is 0 Å². The Hall–Kier alpha value is -1.68. The number of amides is 1. The van der Waals surface area contributed by atoms with Gasteiger partial charge < -0.3 is 10.2 Å². The molecule has 0 radical (unpaired) electrons. The summed E-state index contributed by atoms with van der Waals surface area (Å²) in [5.41, 5.74) is 1.27. The quantitative estimate of drug-likeness (QED) is 0.844. The first kappa shape index (κ1) is 17.2. The summed E-state index contributed by atoms with van der Waals surface area (Å²) in [4.78, 5) is 26.2. The summed E-state index contributed by atoms with van der Waals surface area (Å²) in [6.45, 7) is 4.58. The van der Waals surface area contributed by atoms with E-state index in [0.29, 0.717) is 17.0 Å². The van der Waals surface area contributed by atoms with E-state index in [2.05, 4.69) is 10.2 Å². The number of Topliss-reactive ketones (excluding diaryl/α,β-unsaturated/α-hetero) is 1. The van der Waals surface area contributed by atoms with Crippen molar-refractivity contribution < 1.29 is 9.59 Å². The maximum atomic E-state index is 12.3. The summed E-state index contributed by atoms with van der Waals surface area (Å²) in [6.07, 6.45) is 8.02. The highest BCUT2D eigenvalue weighted by molar-refractivity contribution is 5.97. The smallest absolute Gasteiger partial charge is 0.251 e. The molecule has 1 aliphatic carbocycles. The molecule has 1 aromatic rings. The Morgan fingerprint density at radius 1 is 1.04 bits per heavy atom. The summed E-state index contributed by atoms with van der Waals surface area (Å²) < 4.78 is 0. The van der Waals surface area contributed by atoms with E-state index >= 15 is 0 Å². The standard InChI is InChI=1S/C20H28N2O2/c1-15(23)17-7-9-18(10-8-17)20(24)21-13-16-11-12-22(14-16)19-5-3-2-4-6-19/h7-10,16,19H,2-6,11-14H2,1H3,(H,21,24)/t16-/m1/s1. The molecule has 1 saturated carbocycles. The molecular formula is C20H28N2O2. The predicted molar refractivity (Wildman–Crippen MR) is 95.3 cm³/mol. The highest BCUT2D eigenvalue weighted by Gasteiger charge is 2.29. The van der Waals surface area contributed by atoms with Crippen molar-refractivity contribution >= 4 is 11.7 Å². The van der Waals surface area contributed by atoms with Gasteiger partial charge in [0.25, 0.3) is 5.91 Å². The van der Waals surface area contributed by atoms with Gasteiger partial charge in [0.2, 0.25) is 0 Å². The Morgan fingerprint density at radius 3 is 2.38 bits per heavy atom. The zero-order valence-corrected chi connectivity index (χ0v) is 14.6. The van der Waals surface area contributed by atoms with Crippen LogP contribution in [0.4, 0.5) is 0 Å². The summed E-state index contributed by atoms with van der Waals surface area (Å²) >= 11 is 0. The first-order valence-corrected chi connectivity index (χ1v) is 9.27. The zero-order chi connectivity index (χ0) is 16.9. The van der Waals surface area contributed by atoms with Crippen LogP contribution in [-0.2, 0) is 0 Å². The van der Waals surface area contributed by atoms with Crippen molar-refractivity contribution in [1.82, 2.24) is 10.2 Å². The highest BCUT2D eigenvalue weighted by atomic mass is 16.1. The zero-order valence-electron chi connectivity index (χ0n) is 14.6. The molecule has 2 aliphatic rings. The number of nitrogens with one attached hydrogen (secondary N) is 1. The van der Waals surface area contributed by atoms with E-state index in [-0.39, 0.29) is 11.7 Å². The van der Waals surface area contributed by atoms with Crippen LogP contribution in [0.2, 0.25) is 0 Å². The lowest BCUT2D eigenvalue weighted by Crippen LogP contribution is -2.36. The van der Waals surface area contributed by atoms with Gasteiger partial charge in [-0.3, -0.25) is 9.59 Å². The van der Waals surface area contributed by atoms with E-state index in [1.807, 2.05) is 0 Å². The average molecular weight is 328 g/mol. The van der Waals surface area contributed by atoms with E-state index in [1.165, 1.54) is 52.0 Å². The van der Waals surface area contributed by atoms with Crippen molar-refractivity contribution in [3.63, 3.8) is 0 Å². The largest absolute Gasteiger partial charge is 0.352 e. The van der Waals surface area contributed by atoms with Gasteiger partial charge in [-0.25, -0.2) is 0 Å². The molecule has 4 heteroatoms. The molecule has 4 nitrogen and oxygen atoms in total. The normalized spacial score (nSPS) is 22.5.